The number of methoxy groups -OCH3 is 2. The molecule has 2 aromatic carbocycles. The molecular weight excluding hydrogens is 484 g/mol. The maximum absolute atomic E-state index is 13.3. The third kappa shape index (κ3) is 5.46. The molecular formula is C29H28N4O5. The summed E-state index contributed by atoms with van der Waals surface area (Å²) >= 11 is 0. The van der Waals surface area contributed by atoms with Gasteiger partial charge >= 0.3 is 0 Å². The highest BCUT2D eigenvalue weighted by Crippen LogP contribution is 2.32. The lowest BCUT2D eigenvalue weighted by atomic mass is 10.1. The smallest absolute Gasteiger partial charge is 0.272 e. The Morgan fingerprint density at radius 3 is 2.21 bits per heavy atom. The average molecular weight is 513 g/mol. The van der Waals surface area contributed by atoms with Crippen molar-refractivity contribution in [3.8, 4) is 34.3 Å². The maximum atomic E-state index is 13.3. The van der Waals surface area contributed by atoms with Crippen LogP contribution in [-0.4, -0.2) is 56.2 Å². The number of amides is 1. The predicted octanol–water partition coefficient (Wildman–Crippen LogP) is 4.15. The first-order valence-corrected chi connectivity index (χ1v) is 12.2. The van der Waals surface area contributed by atoms with Crippen LogP contribution < -0.4 is 23.8 Å². The number of hydrogen-bond donors (Lipinski definition) is 0. The Balaban J connectivity index is 1.21. The Bertz CT molecular complexity index is 1400. The van der Waals surface area contributed by atoms with E-state index in [9.17, 15) is 10.0 Å². The van der Waals surface area contributed by atoms with Gasteiger partial charge in [-0.15, -0.1) is 0 Å². The minimum absolute atomic E-state index is 0.0852. The van der Waals surface area contributed by atoms with E-state index < -0.39 is 0 Å². The standard InChI is InChI=1S/C29H28N4O5/c1-36-27-11-6-21(20-28(27)37-2)25-4-3-5-26(30-25)29(34)32-18-16-31(17-19-32)22-7-9-23(10-8-22)38-24-12-14-33(35)15-13-24/h3-15,20H,16-19H2,1-2H3. The zero-order valence-corrected chi connectivity index (χ0v) is 21.2. The molecule has 0 bridgehead atoms. The summed E-state index contributed by atoms with van der Waals surface area (Å²) < 4.78 is 17.2. The van der Waals surface area contributed by atoms with E-state index >= 15 is 0 Å². The minimum Gasteiger partial charge on any atom is -0.619 e. The highest BCUT2D eigenvalue weighted by atomic mass is 16.5. The molecule has 4 aromatic rings. The van der Waals surface area contributed by atoms with Crippen LogP contribution in [0.5, 0.6) is 23.0 Å². The van der Waals surface area contributed by atoms with Gasteiger partial charge in [-0.1, -0.05) is 6.07 Å². The lowest BCUT2D eigenvalue weighted by molar-refractivity contribution is -0.605. The summed E-state index contributed by atoms with van der Waals surface area (Å²) in [5.74, 6) is 2.44. The lowest BCUT2D eigenvalue weighted by Gasteiger charge is -2.36. The quantitative estimate of drug-likeness (QED) is 0.271. The fraction of sp³-hybridized carbons (Fsp3) is 0.207. The number of hydrogen-bond acceptors (Lipinski definition) is 7. The van der Waals surface area contributed by atoms with Crippen molar-refractivity contribution in [1.29, 1.82) is 0 Å². The van der Waals surface area contributed by atoms with E-state index in [0.29, 0.717) is 65.3 Å². The Labute approximate surface area is 221 Å². The minimum atomic E-state index is -0.0852. The van der Waals surface area contributed by atoms with Crippen molar-refractivity contribution >= 4 is 11.6 Å². The van der Waals surface area contributed by atoms with Gasteiger partial charge < -0.3 is 29.2 Å². The number of ether oxygens (including phenoxy) is 3. The largest absolute Gasteiger partial charge is 0.619 e. The summed E-state index contributed by atoms with van der Waals surface area (Å²) in [6.45, 7) is 2.62. The fourth-order valence-corrected chi connectivity index (χ4v) is 4.37. The Kier molecular flexibility index (Phi) is 7.26. The third-order valence-corrected chi connectivity index (χ3v) is 6.42. The number of benzene rings is 2. The topological polar surface area (TPSA) is 91.1 Å². The molecule has 5 rings (SSSR count). The first-order chi connectivity index (χ1) is 18.5. The second-order valence-corrected chi connectivity index (χ2v) is 8.75. The molecule has 0 atom stereocenters. The molecule has 1 amide bonds. The first kappa shape index (κ1) is 24.9. The summed E-state index contributed by atoms with van der Waals surface area (Å²) in [5, 5.41) is 11.2. The van der Waals surface area contributed by atoms with Crippen molar-refractivity contribution < 1.29 is 23.7 Å². The van der Waals surface area contributed by atoms with Gasteiger partial charge in [0.15, 0.2) is 23.9 Å². The number of pyridine rings is 2. The van der Waals surface area contributed by atoms with Gasteiger partial charge in [0.2, 0.25) is 0 Å². The molecule has 1 saturated heterocycles. The van der Waals surface area contributed by atoms with E-state index in [1.54, 1.807) is 32.4 Å². The molecule has 0 unspecified atom stereocenters. The van der Waals surface area contributed by atoms with Gasteiger partial charge in [0, 0.05) is 49.6 Å². The van der Waals surface area contributed by atoms with Gasteiger partial charge in [-0.3, -0.25) is 4.79 Å². The van der Waals surface area contributed by atoms with Crippen LogP contribution in [0.2, 0.25) is 0 Å². The van der Waals surface area contributed by atoms with Crippen LogP contribution in [0, 0.1) is 5.21 Å². The van der Waals surface area contributed by atoms with Gasteiger partial charge in [0.05, 0.1) is 19.9 Å². The number of piperazine rings is 1. The number of rotatable bonds is 7. The van der Waals surface area contributed by atoms with E-state index in [1.165, 1.54) is 12.4 Å². The predicted molar refractivity (Wildman–Crippen MR) is 143 cm³/mol. The van der Waals surface area contributed by atoms with E-state index in [4.69, 9.17) is 14.2 Å². The van der Waals surface area contributed by atoms with Gasteiger partial charge in [-0.2, -0.15) is 4.73 Å². The molecule has 0 aliphatic carbocycles. The summed E-state index contributed by atoms with van der Waals surface area (Å²) in [5.41, 5.74) is 3.01. The molecule has 0 spiro atoms. The van der Waals surface area contributed by atoms with Gasteiger partial charge in [-0.25, -0.2) is 4.98 Å². The van der Waals surface area contributed by atoms with E-state index in [-0.39, 0.29) is 5.91 Å². The SMILES string of the molecule is COc1ccc(-c2cccc(C(=O)N3CCN(c4ccc(Oc5cc[n+]([O-])cc5)cc4)CC3)n2)cc1OC. The molecule has 1 fully saturated rings. The highest BCUT2D eigenvalue weighted by Gasteiger charge is 2.23. The summed E-state index contributed by atoms with van der Waals surface area (Å²) in [6.07, 6.45) is 2.79. The molecule has 9 nitrogen and oxygen atoms in total. The van der Waals surface area contributed by atoms with Crippen LogP contribution in [0.4, 0.5) is 5.69 Å². The average Bonchev–Trinajstić information content (AvgIpc) is 2.98. The number of carbonyl (C=O) groups is 1. The molecule has 0 saturated carbocycles. The van der Waals surface area contributed by atoms with Gasteiger partial charge in [-0.05, 0) is 54.6 Å². The summed E-state index contributed by atoms with van der Waals surface area (Å²) in [6, 6.07) is 22.1. The Morgan fingerprint density at radius 1 is 0.842 bits per heavy atom. The Hall–Kier alpha value is -4.79. The molecule has 0 radical (unpaired) electrons. The molecule has 1 aliphatic rings. The van der Waals surface area contributed by atoms with Crippen molar-refractivity contribution in [2.24, 2.45) is 0 Å². The van der Waals surface area contributed by atoms with Gasteiger partial charge in [0.25, 0.3) is 5.91 Å². The van der Waals surface area contributed by atoms with Crippen LogP contribution >= 0.6 is 0 Å². The second-order valence-electron chi connectivity index (χ2n) is 8.75. The summed E-state index contributed by atoms with van der Waals surface area (Å²) in [4.78, 5) is 22.0. The van der Waals surface area contributed by atoms with E-state index in [0.717, 1.165) is 11.3 Å². The molecule has 38 heavy (non-hydrogen) atoms. The maximum Gasteiger partial charge on any atom is 0.272 e. The normalized spacial score (nSPS) is 13.2. The fourth-order valence-electron chi connectivity index (χ4n) is 4.37. The second kappa shape index (κ2) is 11.1. The van der Waals surface area contributed by atoms with Crippen LogP contribution in [0.1, 0.15) is 10.5 Å². The van der Waals surface area contributed by atoms with Crippen molar-refractivity contribution in [1.82, 2.24) is 9.88 Å². The first-order valence-electron chi connectivity index (χ1n) is 12.2. The summed E-state index contributed by atoms with van der Waals surface area (Å²) in [7, 11) is 3.18. The number of anilines is 1. The van der Waals surface area contributed by atoms with Crippen molar-refractivity contribution in [2.75, 3.05) is 45.3 Å². The molecule has 2 aromatic heterocycles. The lowest BCUT2D eigenvalue weighted by Crippen LogP contribution is -2.49. The molecule has 0 N–H and O–H groups in total. The zero-order valence-electron chi connectivity index (χ0n) is 21.2. The zero-order chi connectivity index (χ0) is 26.5. The molecule has 9 heteroatoms. The van der Waals surface area contributed by atoms with Crippen LogP contribution in [-0.2, 0) is 0 Å². The van der Waals surface area contributed by atoms with Crippen LogP contribution in [0.3, 0.4) is 0 Å². The van der Waals surface area contributed by atoms with Crippen molar-refractivity contribution in [3.05, 3.63) is 96.1 Å². The van der Waals surface area contributed by atoms with E-state index in [2.05, 4.69) is 9.88 Å². The van der Waals surface area contributed by atoms with Crippen molar-refractivity contribution in [2.45, 2.75) is 0 Å². The number of aromatic nitrogens is 2. The number of carbonyl (C=O) groups excluding carboxylic acids is 1. The van der Waals surface area contributed by atoms with Crippen molar-refractivity contribution in [3.63, 3.8) is 0 Å². The monoisotopic (exact) mass is 512 g/mol. The van der Waals surface area contributed by atoms with Gasteiger partial charge in [0.1, 0.15) is 17.2 Å². The van der Waals surface area contributed by atoms with E-state index in [1.807, 2.05) is 59.5 Å². The van der Waals surface area contributed by atoms with Crippen LogP contribution in [0.25, 0.3) is 11.3 Å². The molecule has 194 valence electrons. The van der Waals surface area contributed by atoms with Crippen LogP contribution in [0.15, 0.2) is 85.2 Å². The molecule has 1 aliphatic heterocycles. The Morgan fingerprint density at radius 2 is 1.53 bits per heavy atom. The highest BCUT2D eigenvalue weighted by molar-refractivity contribution is 5.93. The molecule has 3 heterocycles. The third-order valence-electron chi connectivity index (χ3n) is 6.42. The number of nitrogens with zero attached hydrogens (tertiary/aromatic N) is 4.